The molecule has 2 rings (SSSR count). The van der Waals surface area contributed by atoms with Crippen LogP contribution in [0.25, 0.3) is 0 Å². The third-order valence-corrected chi connectivity index (χ3v) is 1.76. The number of hydrogen-bond donors (Lipinski definition) is 0. The van der Waals surface area contributed by atoms with Crippen LogP contribution >= 0.6 is 0 Å². The number of aryl methyl sites for hydroxylation is 1. The highest BCUT2D eigenvalue weighted by atomic mass is 16.6. The lowest BCUT2D eigenvalue weighted by Crippen LogP contribution is -1.97. The van der Waals surface area contributed by atoms with Crippen LogP contribution in [0, 0.1) is 6.92 Å². The highest BCUT2D eigenvalue weighted by molar-refractivity contribution is 5.16. The van der Waals surface area contributed by atoms with E-state index in [1.165, 1.54) is 0 Å². The van der Waals surface area contributed by atoms with Crippen molar-refractivity contribution < 1.29 is 9.37 Å². The van der Waals surface area contributed by atoms with Gasteiger partial charge >= 0.3 is 0 Å². The first kappa shape index (κ1) is 8.68. The van der Waals surface area contributed by atoms with Crippen LogP contribution in [-0.2, 0) is 6.61 Å². The summed E-state index contributed by atoms with van der Waals surface area (Å²) in [6.07, 6.45) is 3.33. The molecule has 0 aliphatic carbocycles. The molecule has 2 aromatic heterocycles. The first-order valence-corrected chi connectivity index (χ1v) is 4.17. The van der Waals surface area contributed by atoms with Crippen LogP contribution in [0.2, 0.25) is 0 Å². The van der Waals surface area contributed by atoms with E-state index in [9.17, 15) is 0 Å². The van der Waals surface area contributed by atoms with E-state index < -0.39 is 0 Å². The van der Waals surface area contributed by atoms with Gasteiger partial charge in [0.05, 0.1) is 6.20 Å². The maximum atomic E-state index is 5.41. The van der Waals surface area contributed by atoms with E-state index in [0.717, 1.165) is 5.69 Å². The summed E-state index contributed by atoms with van der Waals surface area (Å²) in [5, 5.41) is 7.35. The van der Waals surface area contributed by atoms with Gasteiger partial charge in [-0.1, -0.05) is 10.3 Å². The third-order valence-electron chi connectivity index (χ3n) is 1.76. The van der Waals surface area contributed by atoms with Crippen molar-refractivity contribution in [2.24, 2.45) is 0 Å². The summed E-state index contributed by atoms with van der Waals surface area (Å²) in [5.74, 6) is 0.704. The average Bonchev–Trinajstić information content (AvgIpc) is 2.63. The van der Waals surface area contributed by atoms with E-state index in [2.05, 4.69) is 19.9 Å². The molecule has 0 spiro atoms. The molecule has 2 heterocycles. The van der Waals surface area contributed by atoms with Gasteiger partial charge in [0.15, 0.2) is 0 Å². The smallest absolute Gasteiger partial charge is 0.145 e. The second-order valence-electron chi connectivity index (χ2n) is 2.77. The maximum Gasteiger partial charge on any atom is 0.145 e. The zero-order chi connectivity index (χ0) is 9.80. The summed E-state index contributed by atoms with van der Waals surface area (Å²) in [6.45, 7) is 2.17. The first-order chi connectivity index (χ1) is 6.86. The van der Waals surface area contributed by atoms with Crippen molar-refractivity contribution in [3.63, 3.8) is 0 Å². The predicted octanol–water partition coefficient (Wildman–Crippen LogP) is 1.35. The summed E-state index contributed by atoms with van der Waals surface area (Å²) in [4.78, 5) is 3.92. The van der Waals surface area contributed by atoms with Crippen LogP contribution in [0.3, 0.4) is 0 Å². The van der Waals surface area contributed by atoms with Crippen molar-refractivity contribution in [3.8, 4) is 5.75 Å². The average molecular weight is 191 g/mol. The fourth-order valence-corrected chi connectivity index (χ4v) is 0.965. The molecule has 5 heteroatoms. The number of nitrogens with zero attached hydrogens (tertiary/aromatic N) is 3. The molecule has 0 saturated heterocycles. The number of ether oxygens (including phenoxy) is 1. The van der Waals surface area contributed by atoms with Crippen molar-refractivity contribution in [1.29, 1.82) is 0 Å². The minimum absolute atomic E-state index is 0.348. The second kappa shape index (κ2) is 3.87. The van der Waals surface area contributed by atoms with E-state index in [1.54, 1.807) is 12.4 Å². The SMILES string of the molecule is Cc1nonc1COc1cccnc1. The molecular formula is C9H9N3O2. The molecule has 2 aromatic rings. The summed E-state index contributed by atoms with van der Waals surface area (Å²) in [7, 11) is 0. The Morgan fingerprint density at radius 1 is 1.43 bits per heavy atom. The molecule has 0 N–H and O–H groups in total. The zero-order valence-corrected chi connectivity index (χ0v) is 7.67. The fraction of sp³-hybridized carbons (Fsp3) is 0.222. The Morgan fingerprint density at radius 3 is 3.00 bits per heavy atom. The van der Waals surface area contributed by atoms with Gasteiger partial charge in [-0.05, 0) is 19.1 Å². The summed E-state index contributed by atoms with van der Waals surface area (Å²) >= 11 is 0. The molecule has 0 atom stereocenters. The Labute approximate surface area is 80.7 Å². The van der Waals surface area contributed by atoms with Gasteiger partial charge in [0, 0.05) is 6.20 Å². The van der Waals surface area contributed by atoms with E-state index >= 15 is 0 Å². The van der Waals surface area contributed by atoms with Gasteiger partial charge in [-0.15, -0.1) is 0 Å². The van der Waals surface area contributed by atoms with Crippen LogP contribution in [0.1, 0.15) is 11.4 Å². The number of pyridine rings is 1. The van der Waals surface area contributed by atoms with Crippen LogP contribution < -0.4 is 4.74 Å². The molecular weight excluding hydrogens is 182 g/mol. The fourth-order valence-electron chi connectivity index (χ4n) is 0.965. The minimum atomic E-state index is 0.348. The normalized spacial score (nSPS) is 10.1. The summed E-state index contributed by atoms with van der Waals surface area (Å²) in [6, 6.07) is 3.64. The van der Waals surface area contributed by atoms with E-state index in [4.69, 9.17) is 4.74 Å². The molecule has 5 nitrogen and oxygen atoms in total. The van der Waals surface area contributed by atoms with Gasteiger partial charge in [-0.3, -0.25) is 4.98 Å². The molecule has 0 saturated carbocycles. The molecule has 0 bridgehead atoms. The maximum absolute atomic E-state index is 5.41. The lowest BCUT2D eigenvalue weighted by molar-refractivity contribution is 0.269. The third kappa shape index (κ3) is 1.87. The summed E-state index contributed by atoms with van der Waals surface area (Å²) in [5.41, 5.74) is 1.45. The Kier molecular flexibility index (Phi) is 2.40. The van der Waals surface area contributed by atoms with E-state index in [1.807, 2.05) is 19.1 Å². The van der Waals surface area contributed by atoms with Gasteiger partial charge in [0.2, 0.25) is 0 Å². The largest absolute Gasteiger partial charge is 0.485 e. The molecule has 0 aliphatic rings. The van der Waals surface area contributed by atoms with E-state index in [0.29, 0.717) is 18.1 Å². The Balaban J connectivity index is 1.99. The number of hydrogen-bond acceptors (Lipinski definition) is 5. The van der Waals surface area contributed by atoms with Crippen LogP contribution in [0.15, 0.2) is 29.2 Å². The summed E-state index contributed by atoms with van der Waals surface area (Å²) < 4.78 is 9.94. The predicted molar refractivity (Wildman–Crippen MR) is 47.6 cm³/mol. The Bertz CT molecular complexity index is 399. The Morgan fingerprint density at radius 2 is 2.36 bits per heavy atom. The topological polar surface area (TPSA) is 61.0 Å². The van der Waals surface area contributed by atoms with Crippen molar-refractivity contribution in [1.82, 2.24) is 15.3 Å². The van der Waals surface area contributed by atoms with E-state index in [-0.39, 0.29) is 0 Å². The quantitative estimate of drug-likeness (QED) is 0.732. The molecule has 0 unspecified atom stereocenters. The van der Waals surface area contributed by atoms with Crippen molar-refractivity contribution in [3.05, 3.63) is 35.9 Å². The molecule has 72 valence electrons. The molecule has 0 amide bonds. The van der Waals surface area contributed by atoms with Gasteiger partial charge in [-0.2, -0.15) is 0 Å². The van der Waals surface area contributed by atoms with Gasteiger partial charge < -0.3 is 4.74 Å². The second-order valence-corrected chi connectivity index (χ2v) is 2.77. The number of rotatable bonds is 3. The number of aromatic nitrogens is 3. The van der Waals surface area contributed by atoms with Crippen molar-refractivity contribution >= 4 is 0 Å². The molecule has 0 radical (unpaired) electrons. The van der Waals surface area contributed by atoms with Gasteiger partial charge in [-0.25, -0.2) is 4.63 Å². The highest BCUT2D eigenvalue weighted by Crippen LogP contribution is 2.10. The Hall–Kier alpha value is -1.91. The van der Waals surface area contributed by atoms with Gasteiger partial charge in [0.25, 0.3) is 0 Å². The van der Waals surface area contributed by atoms with Crippen molar-refractivity contribution in [2.45, 2.75) is 13.5 Å². The van der Waals surface area contributed by atoms with Crippen molar-refractivity contribution in [2.75, 3.05) is 0 Å². The zero-order valence-electron chi connectivity index (χ0n) is 7.67. The lowest BCUT2D eigenvalue weighted by atomic mass is 10.4. The molecule has 0 aliphatic heterocycles. The minimum Gasteiger partial charge on any atom is -0.485 e. The lowest BCUT2D eigenvalue weighted by Gasteiger charge is -2.01. The highest BCUT2D eigenvalue weighted by Gasteiger charge is 2.05. The van der Waals surface area contributed by atoms with Crippen LogP contribution in [-0.4, -0.2) is 15.3 Å². The monoisotopic (exact) mass is 191 g/mol. The molecule has 0 aromatic carbocycles. The first-order valence-electron chi connectivity index (χ1n) is 4.17. The molecule has 0 fully saturated rings. The van der Waals surface area contributed by atoms with Crippen LogP contribution in [0.5, 0.6) is 5.75 Å². The van der Waals surface area contributed by atoms with Gasteiger partial charge in [0.1, 0.15) is 23.7 Å². The van der Waals surface area contributed by atoms with Crippen LogP contribution in [0.4, 0.5) is 0 Å². The standard InChI is InChI=1S/C9H9N3O2/c1-7-9(12-14-11-7)6-13-8-3-2-4-10-5-8/h2-5H,6H2,1H3. The molecule has 14 heavy (non-hydrogen) atoms.